The van der Waals surface area contributed by atoms with Crippen LogP contribution >= 0.6 is 11.6 Å². The van der Waals surface area contributed by atoms with Crippen molar-refractivity contribution in [2.75, 3.05) is 19.6 Å². The molecule has 2 atom stereocenters. The molecule has 2 nitrogen and oxygen atoms in total. The summed E-state index contributed by atoms with van der Waals surface area (Å²) in [5.41, 5.74) is 4.29. The van der Waals surface area contributed by atoms with Gasteiger partial charge in [0.05, 0.1) is 5.54 Å². The van der Waals surface area contributed by atoms with E-state index in [0.717, 1.165) is 19.6 Å². The van der Waals surface area contributed by atoms with Crippen LogP contribution in [0.4, 0.5) is 0 Å². The molecule has 1 aromatic carbocycles. The molecule has 1 aromatic rings. The first-order valence-corrected chi connectivity index (χ1v) is 8.21. The van der Waals surface area contributed by atoms with Gasteiger partial charge in [0.1, 0.15) is 0 Å². The molecule has 21 heavy (non-hydrogen) atoms. The van der Waals surface area contributed by atoms with E-state index < -0.39 is 0 Å². The molecule has 0 bridgehead atoms. The lowest BCUT2D eigenvalue weighted by Gasteiger charge is -2.49. The predicted octanol–water partition coefficient (Wildman–Crippen LogP) is 3.97. The van der Waals surface area contributed by atoms with Crippen LogP contribution in [0.15, 0.2) is 41.4 Å². The largest absolute Gasteiger partial charge is 0.310 e. The van der Waals surface area contributed by atoms with Gasteiger partial charge in [0, 0.05) is 31.2 Å². The smallest absolute Gasteiger partial charge is 0.0561 e. The van der Waals surface area contributed by atoms with Gasteiger partial charge in [-0.25, -0.2) is 0 Å². The Morgan fingerprint density at radius 3 is 2.67 bits per heavy atom. The van der Waals surface area contributed by atoms with E-state index in [4.69, 9.17) is 11.6 Å². The minimum absolute atomic E-state index is 0.00775. The summed E-state index contributed by atoms with van der Waals surface area (Å²) in [6.07, 6.45) is 0. The summed E-state index contributed by atoms with van der Waals surface area (Å²) in [7, 11) is 0. The lowest BCUT2D eigenvalue weighted by Crippen LogP contribution is -2.62. The Morgan fingerprint density at radius 2 is 2.10 bits per heavy atom. The van der Waals surface area contributed by atoms with Crippen LogP contribution < -0.4 is 5.32 Å². The summed E-state index contributed by atoms with van der Waals surface area (Å²) in [6, 6.07) is 11.3. The third-order valence-corrected chi connectivity index (χ3v) is 5.02. The lowest BCUT2D eigenvalue weighted by molar-refractivity contribution is 0.0477. The lowest BCUT2D eigenvalue weighted by atomic mass is 9.85. The summed E-state index contributed by atoms with van der Waals surface area (Å²) >= 11 is 5.90. The Labute approximate surface area is 134 Å². The van der Waals surface area contributed by atoms with Gasteiger partial charge in [0.2, 0.25) is 0 Å². The van der Waals surface area contributed by atoms with Crippen LogP contribution in [0.25, 0.3) is 0 Å². The second-order valence-corrected chi connectivity index (χ2v) is 6.93. The molecule has 0 spiro atoms. The first kappa shape index (κ1) is 16.5. The summed E-state index contributed by atoms with van der Waals surface area (Å²) in [5.74, 6) is 0.633. The molecule has 0 amide bonds. The van der Waals surface area contributed by atoms with Crippen molar-refractivity contribution in [3.63, 3.8) is 0 Å². The number of rotatable bonds is 4. The number of nitrogens with zero attached hydrogens (tertiary/aromatic N) is 1. The first-order chi connectivity index (χ1) is 9.97. The Morgan fingerprint density at radius 1 is 1.43 bits per heavy atom. The van der Waals surface area contributed by atoms with E-state index in [2.05, 4.69) is 68.2 Å². The normalized spacial score (nSPS) is 28.1. The van der Waals surface area contributed by atoms with Crippen molar-refractivity contribution in [2.45, 2.75) is 39.3 Å². The minimum atomic E-state index is 0.00775. The van der Waals surface area contributed by atoms with E-state index in [9.17, 15) is 0 Å². The fourth-order valence-electron chi connectivity index (χ4n) is 3.05. The van der Waals surface area contributed by atoms with Gasteiger partial charge in [-0.1, -0.05) is 55.8 Å². The van der Waals surface area contributed by atoms with Crippen molar-refractivity contribution in [3.05, 3.63) is 47.0 Å². The number of piperazine rings is 1. The fourth-order valence-corrected chi connectivity index (χ4v) is 3.12. The average Bonchev–Trinajstić information content (AvgIpc) is 2.50. The predicted molar refractivity (Wildman–Crippen MR) is 91.6 cm³/mol. The van der Waals surface area contributed by atoms with Crippen LogP contribution in [0.1, 0.15) is 33.3 Å². The third-order valence-electron chi connectivity index (χ3n) is 4.65. The Kier molecular flexibility index (Phi) is 5.48. The standard InChI is InChI=1S/C18H27ClN2/c1-14(2)17-12-21(11-15(3)10-19)18(4,13-20-17)16-8-6-5-7-9-16/h5-10,14,17,20H,11-13H2,1-4H3/b15-10+. The van der Waals surface area contributed by atoms with Crippen LogP contribution in [0.5, 0.6) is 0 Å². The summed E-state index contributed by atoms with van der Waals surface area (Å²) in [5, 5.41) is 3.73. The molecule has 0 aromatic heterocycles. The molecule has 0 radical (unpaired) electrons. The topological polar surface area (TPSA) is 15.3 Å². The number of hydrogen-bond donors (Lipinski definition) is 1. The van der Waals surface area contributed by atoms with Crippen molar-refractivity contribution < 1.29 is 0 Å². The maximum absolute atomic E-state index is 5.90. The van der Waals surface area contributed by atoms with Crippen molar-refractivity contribution in [2.24, 2.45) is 5.92 Å². The number of nitrogens with one attached hydrogen (secondary N) is 1. The average molecular weight is 307 g/mol. The van der Waals surface area contributed by atoms with Gasteiger partial charge in [0.25, 0.3) is 0 Å². The summed E-state index contributed by atoms with van der Waals surface area (Å²) < 4.78 is 0. The highest BCUT2D eigenvalue weighted by atomic mass is 35.5. The van der Waals surface area contributed by atoms with Gasteiger partial charge in [-0.05, 0) is 30.9 Å². The third kappa shape index (κ3) is 3.68. The van der Waals surface area contributed by atoms with Gasteiger partial charge < -0.3 is 5.32 Å². The molecule has 1 fully saturated rings. The Balaban J connectivity index is 2.29. The molecule has 2 rings (SSSR count). The van der Waals surface area contributed by atoms with E-state index in [1.807, 2.05) is 0 Å². The van der Waals surface area contributed by atoms with Crippen LogP contribution in [0.2, 0.25) is 0 Å². The molecule has 116 valence electrons. The van der Waals surface area contributed by atoms with Crippen LogP contribution in [-0.4, -0.2) is 30.6 Å². The molecule has 1 heterocycles. The molecule has 1 N–H and O–H groups in total. The fraction of sp³-hybridized carbons (Fsp3) is 0.556. The number of halogens is 1. The van der Waals surface area contributed by atoms with Crippen molar-refractivity contribution in [3.8, 4) is 0 Å². The van der Waals surface area contributed by atoms with E-state index >= 15 is 0 Å². The highest BCUT2D eigenvalue weighted by Crippen LogP contribution is 2.32. The molecule has 2 unspecified atom stereocenters. The zero-order valence-corrected chi connectivity index (χ0v) is 14.3. The molecule has 0 saturated carbocycles. The van der Waals surface area contributed by atoms with E-state index in [-0.39, 0.29) is 5.54 Å². The zero-order chi connectivity index (χ0) is 15.5. The van der Waals surface area contributed by atoms with Gasteiger partial charge in [-0.3, -0.25) is 4.90 Å². The van der Waals surface area contributed by atoms with Crippen LogP contribution in [-0.2, 0) is 5.54 Å². The molecule has 1 saturated heterocycles. The second kappa shape index (κ2) is 6.95. The monoisotopic (exact) mass is 306 g/mol. The van der Waals surface area contributed by atoms with Crippen LogP contribution in [0, 0.1) is 5.92 Å². The number of benzene rings is 1. The molecule has 3 heteroatoms. The Bertz CT molecular complexity index is 483. The van der Waals surface area contributed by atoms with Gasteiger partial charge in [-0.2, -0.15) is 0 Å². The van der Waals surface area contributed by atoms with E-state index in [0.29, 0.717) is 12.0 Å². The molecule has 1 aliphatic rings. The van der Waals surface area contributed by atoms with E-state index in [1.165, 1.54) is 11.1 Å². The highest BCUT2D eigenvalue weighted by Gasteiger charge is 2.39. The molecular weight excluding hydrogens is 280 g/mol. The van der Waals surface area contributed by atoms with Crippen molar-refractivity contribution >= 4 is 11.6 Å². The summed E-state index contributed by atoms with van der Waals surface area (Å²) in [4.78, 5) is 2.57. The van der Waals surface area contributed by atoms with Gasteiger partial charge in [-0.15, -0.1) is 0 Å². The van der Waals surface area contributed by atoms with Crippen molar-refractivity contribution in [1.29, 1.82) is 0 Å². The maximum atomic E-state index is 5.90. The minimum Gasteiger partial charge on any atom is -0.310 e. The van der Waals surface area contributed by atoms with Gasteiger partial charge in [0.15, 0.2) is 0 Å². The molecule has 1 aliphatic heterocycles. The second-order valence-electron chi connectivity index (χ2n) is 6.71. The SMILES string of the molecule is C/C(=C\Cl)CN1CC(C(C)C)NCC1(C)c1ccccc1. The van der Waals surface area contributed by atoms with Crippen LogP contribution in [0.3, 0.4) is 0 Å². The van der Waals surface area contributed by atoms with Crippen molar-refractivity contribution in [1.82, 2.24) is 10.2 Å². The van der Waals surface area contributed by atoms with E-state index in [1.54, 1.807) is 5.54 Å². The van der Waals surface area contributed by atoms with Gasteiger partial charge >= 0.3 is 0 Å². The molecular formula is C18H27ClN2. The Hall–Kier alpha value is -0.830. The maximum Gasteiger partial charge on any atom is 0.0561 e. The highest BCUT2D eigenvalue weighted by molar-refractivity contribution is 6.25. The molecule has 0 aliphatic carbocycles. The first-order valence-electron chi connectivity index (χ1n) is 7.77. The quantitative estimate of drug-likeness (QED) is 0.905. The summed E-state index contributed by atoms with van der Waals surface area (Å²) in [6.45, 7) is 11.9. The zero-order valence-electron chi connectivity index (χ0n) is 13.6. The number of hydrogen-bond acceptors (Lipinski definition) is 2.